The second-order valence-corrected chi connectivity index (χ2v) is 8.43. The maximum Gasteiger partial charge on any atom is 0.240 e. The van der Waals surface area contributed by atoms with E-state index in [2.05, 4.69) is 10.0 Å². The summed E-state index contributed by atoms with van der Waals surface area (Å²) in [6, 6.07) is 5.73. The van der Waals surface area contributed by atoms with Gasteiger partial charge in [-0.25, -0.2) is 13.1 Å². The third kappa shape index (κ3) is 5.92. The Morgan fingerprint density at radius 3 is 2.62 bits per heavy atom. The molecule has 2 rings (SSSR count). The fourth-order valence-corrected chi connectivity index (χ4v) is 4.04. The second-order valence-electron chi connectivity index (χ2n) is 6.22. The molecule has 0 spiro atoms. The van der Waals surface area contributed by atoms with E-state index in [-0.39, 0.29) is 36.1 Å². The lowest BCUT2D eigenvalue weighted by Gasteiger charge is -2.36. The van der Waals surface area contributed by atoms with Gasteiger partial charge in [0.2, 0.25) is 15.9 Å². The van der Waals surface area contributed by atoms with E-state index < -0.39 is 16.1 Å². The van der Waals surface area contributed by atoms with Gasteiger partial charge in [0.05, 0.1) is 23.6 Å². The molecule has 0 unspecified atom stereocenters. The van der Waals surface area contributed by atoms with Gasteiger partial charge in [-0.3, -0.25) is 4.79 Å². The van der Waals surface area contributed by atoms with E-state index in [9.17, 15) is 18.3 Å². The number of rotatable bonds is 8. The Balaban J connectivity index is 1.83. The molecule has 1 aliphatic heterocycles. The first kappa shape index (κ1) is 21.1. The number of hydrogen-bond donors (Lipinski definition) is 3. The van der Waals surface area contributed by atoms with Crippen molar-refractivity contribution < 1.29 is 23.1 Å². The van der Waals surface area contributed by atoms with Gasteiger partial charge in [-0.2, -0.15) is 0 Å². The molecule has 1 aromatic rings. The Kier molecular flexibility index (Phi) is 7.85. The summed E-state index contributed by atoms with van der Waals surface area (Å²) in [6.07, 6.45) is 1.59. The van der Waals surface area contributed by atoms with Crippen LogP contribution >= 0.6 is 11.6 Å². The Hall–Kier alpha value is -1.19. The lowest BCUT2D eigenvalue weighted by Crippen LogP contribution is -2.51. The molecule has 0 radical (unpaired) electrons. The lowest BCUT2D eigenvalue weighted by atomic mass is 9.97. The number of nitrogens with one attached hydrogen (secondary N) is 2. The van der Waals surface area contributed by atoms with Crippen molar-refractivity contribution in [2.24, 2.45) is 0 Å². The molecule has 0 aliphatic carbocycles. The zero-order valence-corrected chi connectivity index (χ0v) is 16.2. The van der Waals surface area contributed by atoms with Crippen LogP contribution in [-0.4, -0.2) is 50.8 Å². The highest BCUT2D eigenvalue weighted by atomic mass is 35.5. The zero-order chi connectivity index (χ0) is 19.2. The third-order valence-electron chi connectivity index (χ3n) is 4.35. The minimum atomic E-state index is -3.60. The Labute approximate surface area is 159 Å². The van der Waals surface area contributed by atoms with Crippen molar-refractivity contribution in [3.63, 3.8) is 0 Å². The summed E-state index contributed by atoms with van der Waals surface area (Å²) < 4.78 is 32.8. The number of halogens is 1. The number of aliphatic hydroxyl groups excluding tert-OH is 1. The van der Waals surface area contributed by atoms with Gasteiger partial charge in [-0.15, -0.1) is 0 Å². The summed E-state index contributed by atoms with van der Waals surface area (Å²) in [6.45, 7) is 1.80. The van der Waals surface area contributed by atoms with E-state index in [1.54, 1.807) is 6.92 Å². The number of amides is 1. The number of aliphatic hydroxyl groups is 1. The SMILES string of the molecule is CCC(=O)N[C@H]1CC[C@H](CCNS(=O)(=O)c2ccc(Cl)cc2)O[C@@H]1CO. The van der Waals surface area contributed by atoms with Gasteiger partial charge in [-0.05, 0) is 43.5 Å². The molecule has 146 valence electrons. The van der Waals surface area contributed by atoms with Crippen molar-refractivity contribution in [3.8, 4) is 0 Å². The predicted octanol–water partition coefficient (Wildman–Crippen LogP) is 1.44. The van der Waals surface area contributed by atoms with Crippen LogP contribution in [0.15, 0.2) is 29.2 Å². The summed E-state index contributed by atoms with van der Waals surface area (Å²) in [5.41, 5.74) is 0. The van der Waals surface area contributed by atoms with Gasteiger partial charge in [0.1, 0.15) is 6.10 Å². The van der Waals surface area contributed by atoms with Crippen molar-refractivity contribution in [2.75, 3.05) is 13.2 Å². The highest BCUT2D eigenvalue weighted by Gasteiger charge is 2.31. The first-order chi connectivity index (χ1) is 12.4. The molecular formula is C17H25ClN2O5S. The van der Waals surface area contributed by atoms with Gasteiger partial charge in [0, 0.05) is 18.0 Å². The van der Waals surface area contributed by atoms with E-state index in [1.165, 1.54) is 24.3 Å². The smallest absolute Gasteiger partial charge is 0.240 e. The van der Waals surface area contributed by atoms with E-state index in [1.807, 2.05) is 0 Å². The first-order valence-electron chi connectivity index (χ1n) is 8.66. The van der Waals surface area contributed by atoms with Gasteiger partial charge >= 0.3 is 0 Å². The summed E-state index contributed by atoms with van der Waals surface area (Å²) in [4.78, 5) is 11.7. The van der Waals surface area contributed by atoms with Gasteiger partial charge < -0.3 is 15.2 Å². The Bertz CT molecular complexity index is 696. The molecule has 7 nitrogen and oxygen atoms in total. The van der Waals surface area contributed by atoms with Crippen LogP contribution in [0.25, 0.3) is 0 Å². The van der Waals surface area contributed by atoms with E-state index in [0.717, 1.165) is 0 Å². The van der Waals surface area contributed by atoms with Crippen LogP contribution in [0.1, 0.15) is 32.6 Å². The summed E-state index contributed by atoms with van der Waals surface area (Å²) in [5, 5.41) is 12.8. The molecular weight excluding hydrogens is 380 g/mol. The topological polar surface area (TPSA) is 105 Å². The highest BCUT2D eigenvalue weighted by Crippen LogP contribution is 2.22. The van der Waals surface area contributed by atoms with Crippen molar-refractivity contribution in [3.05, 3.63) is 29.3 Å². The number of carbonyl (C=O) groups is 1. The number of ether oxygens (including phenoxy) is 1. The van der Waals surface area contributed by atoms with Crippen LogP contribution in [0.4, 0.5) is 0 Å². The molecule has 3 N–H and O–H groups in total. The van der Waals surface area contributed by atoms with E-state index in [0.29, 0.717) is 30.7 Å². The third-order valence-corrected chi connectivity index (χ3v) is 6.07. The Morgan fingerprint density at radius 2 is 2.00 bits per heavy atom. The summed E-state index contributed by atoms with van der Waals surface area (Å²) >= 11 is 5.77. The van der Waals surface area contributed by atoms with Crippen molar-refractivity contribution in [1.29, 1.82) is 0 Å². The second kappa shape index (κ2) is 9.66. The highest BCUT2D eigenvalue weighted by molar-refractivity contribution is 7.89. The van der Waals surface area contributed by atoms with Crippen LogP contribution < -0.4 is 10.0 Å². The van der Waals surface area contributed by atoms with Crippen molar-refractivity contribution in [1.82, 2.24) is 10.0 Å². The maximum absolute atomic E-state index is 12.2. The Morgan fingerprint density at radius 1 is 1.31 bits per heavy atom. The largest absolute Gasteiger partial charge is 0.394 e. The quantitative estimate of drug-likeness (QED) is 0.608. The average molecular weight is 405 g/mol. The molecule has 1 heterocycles. The molecule has 1 aliphatic rings. The van der Waals surface area contributed by atoms with Crippen LogP contribution in [-0.2, 0) is 19.6 Å². The molecule has 0 aromatic heterocycles. The van der Waals surface area contributed by atoms with Crippen LogP contribution in [0.2, 0.25) is 5.02 Å². The molecule has 26 heavy (non-hydrogen) atoms. The first-order valence-corrected chi connectivity index (χ1v) is 10.5. The van der Waals surface area contributed by atoms with Gasteiger partial charge in [0.25, 0.3) is 0 Å². The fraction of sp³-hybridized carbons (Fsp3) is 0.588. The zero-order valence-electron chi connectivity index (χ0n) is 14.7. The molecule has 3 atom stereocenters. The molecule has 9 heteroatoms. The lowest BCUT2D eigenvalue weighted by molar-refractivity contribution is -0.128. The average Bonchev–Trinajstić information content (AvgIpc) is 2.62. The van der Waals surface area contributed by atoms with Crippen molar-refractivity contribution in [2.45, 2.75) is 55.8 Å². The van der Waals surface area contributed by atoms with Crippen LogP contribution in [0.5, 0.6) is 0 Å². The predicted molar refractivity (Wildman–Crippen MR) is 98.5 cm³/mol. The molecule has 0 bridgehead atoms. The molecule has 1 aromatic carbocycles. The fourth-order valence-electron chi connectivity index (χ4n) is 2.87. The minimum absolute atomic E-state index is 0.0776. The minimum Gasteiger partial charge on any atom is -0.394 e. The van der Waals surface area contributed by atoms with Crippen LogP contribution in [0, 0.1) is 0 Å². The van der Waals surface area contributed by atoms with E-state index >= 15 is 0 Å². The number of hydrogen-bond acceptors (Lipinski definition) is 5. The monoisotopic (exact) mass is 404 g/mol. The van der Waals surface area contributed by atoms with Crippen molar-refractivity contribution >= 4 is 27.5 Å². The summed E-state index contributed by atoms with van der Waals surface area (Å²) in [5.74, 6) is -0.0776. The standard InChI is InChI=1S/C17H25ClN2O5S/c1-2-17(22)20-15-8-5-13(25-16(15)11-21)9-10-19-26(23,24)14-6-3-12(18)4-7-14/h3-4,6-7,13,15-16,19,21H,2,5,8-11H2,1H3,(H,20,22)/t13-,15+,16-/m1/s1. The normalized spacial score (nSPS) is 23.6. The molecule has 1 fully saturated rings. The number of sulfonamides is 1. The molecule has 0 saturated carbocycles. The van der Waals surface area contributed by atoms with Gasteiger partial charge in [0.15, 0.2) is 0 Å². The number of carbonyl (C=O) groups excluding carboxylic acids is 1. The number of benzene rings is 1. The maximum atomic E-state index is 12.2. The summed E-state index contributed by atoms with van der Waals surface area (Å²) in [7, 11) is -3.60. The van der Waals surface area contributed by atoms with E-state index in [4.69, 9.17) is 16.3 Å². The van der Waals surface area contributed by atoms with Gasteiger partial charge in [-0.1, -0.05) is 18.5 Å². The molecule has 1 saturated heterocycles. The van der Waals surface area contributed by atoms with Crippen LogP contribution in [0.3, 0.4) is 0 Å². The molecule has 1 amide bonds.